The fourth-order valence-corrected chi connectivity index (χ4v) is 4.02. The van der Waals surface area contributed by atoms with Gasteiger partial charge in [0.05, 0.1) is 0 Å². The van der Waals surface area contributed by atoms with Gasteiger partial charge in [0.15, 0.2) is 0 Å². The number of nitrogens with one attached hydrogen (secondary N) is 1. The van der Waals surface area contributed by atoms with Gasteiger partial charge in [-0.3, -0.25) is 9.59 Å². The number of aromatic nitrogens is 1. The van der Waals surface area contributed by atoms with Gasteiger partial charge < -0.3 is 9.88 Å². The number of carbonyl (C=O) groups excluding carboxylic acids is 1. The zero-order valence-electron chi connectivity index (χ0n) is 11.8. The van der Waals surface area contributed by atoms with Gasteiger partial charge in [0.2, 0.25) is 0 Å². The molecule has 20 heavy (non-hydrogen) atoms. The van der Waals surface area contributed by atoms with Crippen molar-refractivity contribution >= 4 is 17.7 Å². The summed E-state index contributed by atoms with van der Waals surface area (Å²) in [6.45, 7) is 3.60. The molecule has 2 heterocycles. The summed E-state index contributed by atoms with van der Waals surface area (Å²) in [7, 11) is 0. The van der Waals surface area contributed by atoms with E-state index in [1.807, 2.05) is 22.7 Å². The largest absolute Gasteiger partial charge is 0.337 e. The maximum atomic E-state index is 12.5. The molecule has 1 aromatic heterocycles. The number of aryl methyl sites for hydroxylation is 2. The molecule has 0 saturated carbocycles. The summed E-state index contributed by atoms with van der Waals surface area (Å²) in [6.07, 6.45) is 4.16. The molecule has 1 aliphatic carbocycles. The number of amides is 1. The van der Waals surface area contributed by atoms with E-state index in [0.29, 0.717) is 10.8 Å². The van der Waals surface area contributed by atoms with Gasteiger partial charge in [0, 0.05) is 29.8 Å². The maximum Gasteiger partial charge on any atom is 0.261 e. The summed E-state index contributed by atoms with van der Waals surface area (Å²) in [5, 5.41) is 0.449. The van der Waals surface area contributed by atoms with Crippen molar-refractivity contribution in [1.82, 2.24) is 9.88 Å². The number of hydrogen-bond acceptors (Lipinski definition) is 3. The van der Waals surface area contributed by atoms with Gasteiger partial charge in [-0.1, -0.05) is 6.92 Å². The van der Waals surface area contributed by atoms with Crippen molar-refractivity contribution in [3.05, 3.63) is 33.2 Å². The third kappa shape index (κ3) is 2.64. The van der Waals surface area contributed by atoms with Crippen LogP contribution in [-0.2, 0) is 12.8 Å². The van der Waals surface area contributed by atoms with Crippen LogP contribution in [0.15, 0.2) is 10.9 Å². The first-order chi connectivity index (χ1) is 9.65. The van der Waals surface area contributed by atoms with Gasteiger partial charge in [-0.05, 0) is 37.3 Å². The average molecular weight is 292 g/mol. The van der Waals surface area contributed by atoms with Crippen LogP contribution in [0.5, 0.6) is 0 Å². The summed E-state index contributed by atoms with van der Waals surface area (Å²) in [5.41, 5.74) is 2.28. The number of H-pyrrole nitrogens is 1. The zero-order valence-corrected chi connectivity index (χ0v) is 12.6. The molecule has 1 aromatic rings. The predicted octanol–water partition coefficient (Wildman–Crippen LogP) is 1.83. The Bertz CT molecular complexity index is 582. The van der Waals surface area contributed by atoms with Crippen LogP contribution in [0.3, 0.4) is 0 Å². The normalized spacial score (nSPS) is 22.4. The van der Waals surface area contributed by atoms with E-state index < -0.39 is 0 Å². The molecule has 0 radical (unpaired) electrons. The highest BCUT2D eigenvalue weighted by atomic mass is 32.2. The van der Waals surface area contributed by atoms with E-state index in [4.69, 9.17) is 0 Å². The molecule has 1 amide bonds. The van der Waals surface area contributed by atoms with Crippen LogP contribution in [0.4, 0.5) is 0 Å². The molecule has 1 saturated heterocycles. The Morgan fingerprint density at radius 1 is 1.40 bits per heavy atom. The topological polar surface area (TPSA) is 53.2 Å². The van der Waals surface area contributed by atoms with E-state index in [2.05, 4.69) is 11.9 Å². The summed E-state index contributed by atoms with van der Waals surface area (Å²) in [4.78, 5) is 29.4. The summed E-state index contributed by atoms with van der Waals surface area (Å²) < 4.78 is 0. The summed E-state index contributed by atoms with van der Waals surface area (Å²) in [6, 6.07) is 1.84. The second kappa shape index (κ2) is 5.64. The average Bonchev–Trinajstić information content (AvgIpc) is 2.46. The lowest BCUT2D eigenvalue weighted by atomic mass is 9.95. The second-order valence-electron chi connectivity index (χ2n) is 5.66. The quantitative estimate of drug-likeness (QED) is 0.859. The molecule has 108 valence electrons. The third-order valence-corrected chi connectivity index (χ3v) is 5.23. The second-order valence-corrected chi connectivity index (χ2v) is 7.20. The molecular weight excluding hydrogens is 272 g/mol. The SMILES string of the molecule is C[C@H]1CN(C(=O)c2cc3c([nH]c2=O)CCCC3)CCS1. The van der Waals surface area contributed by atoms with E-state index in [1.54, 1.807) is 0 Å². The number of hydrogen-bond donors (Lipinski definition) is 1. The van der Waals surface area contributed by atoms with Gasteiger partial charge in [-0.2, -0.15) is 11.8 Å². The first-order valence-corrected chi connectivity index (χ1v) is 8.36. The monoisotopic (exact) mass is 292 g/mol. The van der Waals surface area contributed by atoms with Crippen LogP contribution in [0, 0.1) is 0 Å². The van der Waals surface area contributed by atoms with Crippen molar-refractivity contribution < 1.29 is 4.79 Å². The molecule has 0 spiro atoms. The van der Waals surface area contributed by atoms with Crippen LogP contribution in [-0.4, -0.2) is 39.9 Å². The Morgan fingerprint density at radius 2 is 2.20 bits per heavy atom. The molecule has 0 bridgehead atoms. The van der Waals surface area contributed by atoms with Crippen LogP contribution >= 0.6 is 11.8 Å². The molecule has 2 aliphatic rings. The van der Waals surface area contributed by atoms with Gasteiger partial charge in [0.1, 0.15) is 5.56 Å². The minimum Gasteiger partial charge on any atom is -0.337 e. The zero-order chi connectivity index (χ0) is 14.1. The lowest BCUT2D eigenvalue weighted by Crippen LogP contribution is -2.43. The van der Waals surface area contributed by atoms with Crippen LogP contribution < -0.4 is 5.56 Å². The third-order valence-electron chi connectivity index (χ3n) is 4.10. The predicted molar refractivity (Wildman–Crippen MR) is 81.5 cm³/mol. The van der Waals surface area contributed by atoms with E-state index in [0.717, 1.165) is 55.8 Å². The van der Waals surface area contributed by atoms with Crippen molar-refractivity contribution in [2.45, 2.75) is 37.9 Å². The van der Waals surface area contributed by atoms with Gasteiger partial charge >= 0.3 is 0 Å². The van der Waals surface area contributed by atoms with E-state index >= 15 is 0 Å². The fourth-order valence-electron chi connectivity index (χ4n) is 3.01. The Balaban J connectivity index is 1.89. The van der Waals surface area contributed by atoms with Crippen molar-refractivity contribution in [2.24, 2.45) is 0 Å². The molecule has 3 rings (SSSR count). The molecule has 5 heteroatoms. The molecule has 0 aromatic carbocycles. The fraction of sp³-hybridized carbons (Fsp3) is 0.600. The molecule has 0 unspecified atom stereocenters. The van der Waals surface area contributed by atoms with Crippen LogP contribution in [0.1, 0.15) is 41.4 Å². The highest BCUT2D eigenvalue weighted by molar-refractivity contribution is 7.99. The molecular formula is C15H20N2O2S. The Hall–Kier alpha value is -1.23. The highest BCUT2D eigenvalue weighted by Gasteiger charge is 2.25. The van der Waals surface area contributed by atoms with Crippen molar-refractivity contribution in [3.8, 4) is 0 Å². The number of fused-ring (bicyclic) bond motifs is 1. The van der Waals surface area contributed by atoms with E-state index in [9.17, 15) is 9.59 Å². The van der Waals surface area contributed by atoms with Crippen molar-refractivity contribution in [2.75, 3.05) is 18.8 Å². The number of aromatic amines is 1. The molecule has 1 fully saturated rings. The van der Waals surface area contributed by atoms with Crippen molar-refractivity contribution in [3.63, 3.8) is 0 Å². The number of thioether (sulfide) groups is 1. The Labute approximate surface area is 122 Å². The number of carbonyl (C=O) groups is 1. The van der Waals surface area contributed by atoms with Gasteiger partial charge in [-0.15, -0.1) is 0 Å². The number of nitrogens with zero attached hydrogens (tertiary/aromatic N) is 1. The maximum absolute atomic E-state index is 12.5. The lowest BCUT2D eigenvalue weighted by molar-refractivity contribution is 0.0761. The number of rotatable bonds is 1. The lowest BCUT2D eigenvalue weighted by Gasteiger charge is -2.30. The molecule has 1 atom stereocenters. The minimum atomic E-state index is -0.221. The van der Waals surface area contributed by atoms with Gasteiger partial charge in [0.25, 0.3) is 11.5 Å². The first kappa shape index (κ1) is 13.7. The summed E-state index contributed by atoms with van der Waals surface area (Å²) in [5.74, 6) is 0.849. The molecule has 1 N–H and O–H groups in total. The molecule has 1 aliphatic heterocycles. The standard InChI is InChI=1S/C15H20N2O2S/c1-10-9-17(6-7-20-10)15(19)12-8-11-4-2-3-5-13(11)16-14(12)18/h8,10H,2-7,9H2,1H3,(H,16,18)/t10-/m0/s1. The molecule has 4 nitrogen and oxygen atoms in total. The Kier molecular flexibility index (Phi) is 3.87. The first-order valence-electron chi connectivity index (χ1n) is 7.31. The van der Waals surface area contributed by atoms with E-state index in [1.165, 1.54) is 0 Å². The number of pyridine rings is 1. The van der Waals surface area contributed by atoms with Gasteiger partial charge in [-0.25, -0.2) is 0 Å². The summed E-state index contributed by atoms with van der Waals surface area (Å²) >= 11 is 1.88. The minimum absolute atomic E-state index is 0.105. The van der Waals surface area contributed by atoms with Crippen LogP contribution in [0.2, 0.25) is 0 Å². The Morgan fingerprint density at radius 3 is 3.00 bits per heavy atom. The highest BCUT2D eigenvalue weighted by Crippen LogP contribution is 2.21. The van der Waals surface area contributed by atoms with E-state index in [-0.39, 0.29) is 11.5 Å². The smallest absolute Gasteiger partial charge is 0.261 e. The van der Waals surface area contributed by atoms with Crippen molar-refractivity contribution in [1.29, 1.82) is 0 Å². The van der Waals surface area contributed by atoms with Crippen LogP contribution in [0.25, 0.3) is 0 Å².